The van der Waals surface area contributed by atoms with Crippen molar-refractivity contribution in [3.05, 3.63) is 33.8 Å². The molecule has 0 radical (unpaired) electrons. The summed E-state index contributed by atoms with van der Waals surface area (Å²) < 4.78 is 1.02. The molecule has 0 saturated heterocycles. The predicted molar refractivity (Wildman–Crippen MR) is 63.6 cm³/mol. The van der Waals surface area contributed by atoms with Gasteiger partial charge in [0.1, 0.15) is 0 Å². The Labute approximate surface area is 97.8 Å². The van der Waals surface area contributed by atoms with E-state index in [4.69, 9.17) is 0 Å². The predicted octanol–water partition coefficient (Wildman–Crippen LogP) is 1.11. The highest BCUT2D eigenvalue weighted by Gasteiger charge is 2.33. The van der Waals surface area contributed by atoms with E-state index < -0.39 is 13.2 Å². The van der Waals surface area contributed by atoms with Crippen LogP contribution in [-0.2, 0) is 6.42 Å². The van der Waals surface area contributed by atoms with Crippen molar-refractivity contribution in [1.82, 2.24) is 5.23 Å². The Kier molecular flexibility index (Phi) is 3.16. The number of rotatable bonds is 2. The molecular weight excluding hydrogens is 257 g/mol. The van der Waals surface area contributed by atoms with Crippen molar-refractivity contribution in [2.75, 3.05) is 0 Å². The Hall–Kier alpha value is -0.355. The lowest BCUT2D eigenvalue weighted by molar-refractivity contribution is 0.149. The molecule has 0 saturated carbocycles. The Morgan fingerprint density at radius 2 is 2.27 bits per heavy atom. The minimum absolute atomic E-state index is 0.169. The summed E-state index contributed by atoms with van der Waals surface area (Å²) in [5.41, 5.74) is 2.20. The lowest BCUT2D eigenvalue weighted by Crippen LogP contribution is -2.38. The van der Waals surface area contributed by atoms with Crippen LogP contribution in [0.25, 0.3) is 0 Å². The fourth-order valence-corrected chi connectivity index (χ4v) is 2.62. The molecule has 1 aromatic rings. The van der Waals surface area contributed by atoms with Gasteiger partial charge in [0.2, 0.25) is 0 Å². The van der Waals surface area contributed by atoms with E-state index in [0.29, 0.717) is 6.42 Å². The molecule has 0 unspecified atom stereocenters. The molecule has 2 rings (SSSR count). The monoisotopic (exact) mass is 269 g/mol. The average Bonchev–Trinajstić information content (AvgIpc) is 2.45. The van der Waals surface area contributed by atoms with Crippen molar-refractivity contribution in [3.8, 4) is 0 Å². The number of hydrogen-bond donors (Lipinski definition) is 3. The lowest BCUT2D eigenvalue weighted by Gasteiger charge is -2.18. The number of aliphatic hydroxyl groups is 1. The van der Waals surface area contributed by atoms with Crippen LogP contribution in [0.2, 0.25) is 6.82 Å². The molecular formula is C10H13BBrNO2. The number of aliphatic hydroxyl groups excluding tert-OH is 1. The number of fused-ring (bicyclic) bond motifs is 1. The third-order valence-corrected chi connectivity index (χ3v) is 3.45. The van der Waals surface area contributed by atoms with Gasteiger partial charge in [0.15, 0.2) is 0 Å². The Balaban J connectivity index is 2.33. The maximum atomic E-state index is 9.89. The van der Waals surface area contributed by atoms with Crippen LogP contribution in [0.3, 0.4) is 0 Å². The van der Waals surface area contributed by atoms with E-state index in [1.807, 2.05) is 18.2 Å². The molecule has 0 aromatic heterocycles. The first kappa shape index (κ1) is 11.1. The summed E-state index contributed by atoms with van der Waals surface area (Å²) in [6.45, 7) is 1.66. The third kappa shape index (κ3) is 2.11. The molecule has 80 valence electrons. The fourth-order valence-electron chi connectivity index (χ4n) is 2.08. The SMILES string of the molecule is CB(O)N[C@@H]1c2cccc(Br)c2C[C@H]1O. The number of hydrogen-bond acceptors (Lipinski definition) is 3. The van der Waals surface area contributed by atoms with Crippen LogP contribution in [-0.4, -0.2) is 23.3 Å². The zero-order valence-corrected chi connectivity index (χ0v) is 10.0. The van der Waals surface area contributed by atoms with E-state index in [9.17, 15) is 10.1 Å². The molecule has 15 heavy (non-hydrogen) atoms. The molecule has 0 bridgehead atoms. The number of benzene rings is 1. The van der Waals surface area contributed by atoms with E-state index >= 15 is 0 Å². The van der Waals surface area contributed by atoms with Gasteiger partial charge in [0.25, 0.3) is 0 Å². The van der Waals surface area contributed by atoms with Gasteiger partial charge in [-0.05, 0) is 24.0 Å². The van der Waals surface area contributed by atoms with Crippen LogP contribution in [0.15, 0.2) is 22.7 Å². The van der Waals surface area contributed by atoms with E-state index in [1.54, 1.807) is 6.82 Å². The van der Waals surface area contributed by atoms with Gasteiger partial charge in [0.05, 0.1) is 12.1 Å². The molecule has 3 nitrogen and oxygen atoms in total. The maximum absolute atomic E-state index is 9.89. The summed E-state index contributed by atoms with van der Waals surface area (Å²) in [6, 6.07) is 5.72. The van der Waals surface area contributed by atoms with Crippen molar-refractivity contribution in [2.45, 2.75) is 25.4 Å². The van der Waals surface area contributed by atoms with Crippen molar-refractivity contribution in [1.29, 1.82) is 0 Å². The number of halogens is 1. The first-order valence-electron chi connectivity index (χ1n) is 4.99. The molecule has 1 aliphatic rings. The zero-order chi connectivity index (χ0) is 11.0. The second-order valence-electron chi connectivity index (χ2n) is 3.90. The highest BCUT2D eigenvalue weighted by Crippen LogP contribution is 2.35. The summed E-state index contributed by atoms with van der Waals surface area (Å²) in [5, 5.41) is 22.1. The summed E-state index contributed by atoms with van der Waals surface area (Å²) in [7, 11) is -0.616. The summed E-state index contributed by atoms with van der Waals surface area (Å²) in [6.07, 6.45) is 0.162. The van der Waals surface area contributed by atoms with Gasteiger partial charge in [-0.15, -0.1) is 0 Å². The minimum Gasteiger partial charge on any atom is -0.437 e. The zero-order valence-electron chi connectivity index (χ0n) is 8.44. The van der Waals surface area contributed by atoms with Gasteiger partial charge in [-0.2, -0.15) is 0 Å². The average molecular weight is 270 g/mol. The van der Waals surface area contributed by atoms with Crippen LogP contribution in [0.1, 0.15) is 17.2 Å². The van der Waals surface area contributed by atoms with Gasteiger partial charge in [0, 0.05) is 10.9 Å². The normalized spacial score (nSPS) is 24.0. The molecule has 0 aliphatic heterocycles. The van der Waals surface area contributed by atoms with Crippen molar-refractivity contribution in [3.63, 3.8) is 0 Å². The highest BCUT2D eigenvalue weighted by atomic mass is 79.9. The second-order valence-corrected chi connectivity index (χ2v) is 4.75. The topological polar surface area (TPSA) is 52.5 Å². The largest absolute Gasteiger partial charge is 0.437 e. The van der Waals surface area contributed by atoms with Crippen LogP contribution in [0.4, 0.5) is 0 Å². The van der Waals surface area contributed by atoms with Crippen LogP contribution in [0.5, 0.6) is 0 Å². The van der Waals surface area contributed by atoms with Crippen LogP contribution in [0, 0.1) is 0 Å². The van der Waals surface area contributed by atoms with Gasteiger partial charge in [-0.1, -0.05) is 28.1 Å². The summed E-state index contributed by atoms with van der Waals surface area (Å²) in [4.78, 5) is 0. The van der Waals surface area contributed by atoms with E-state index in [2.05, 4.69) is 21.2 Å². The van der Waals surface area contributed by atoms with Crippen LogP contribution >= 0.6 is 15.9 Å². The molecule has 0 spiro atoms. The third-order valence-electron chi connectivity index (χ3n) is 2.71. The summed E-state index contributed by atoms with van der Waals surface area (Å²) >= 11 is 3.47. The Morgan fingerprint density at radius 1 is 1.53 bits per heavy atom. The van der Waals surface area contributed by atoms with Crippen molar-refractivity contribution < 1.29 is 10.1 Å². The van der Waals surface area contributed by atoms with Crippen molar-refractivity contribution in [2.24, 2.45) is 0 Å². The Morgan fingerprint density at radius 3 is 2.93 bits per heavy atom. The molecule has 1 aliphatic carbocycles. The summed E-state index contributed by atoms with van der Waals surface area (Å²) in [5.74, 6) is 0. The van der Waals surface area contributed by atoms with E-state index in [-0.39, 0.29) is 6.04 Å². The molecule has 1 aromatic carbocycles. The van der Waals surface area contributed by atoms with Crippen molar-refractivity contribution >= 4 is 23.0 Å². The van der Waals surface area contributed by atoms with Gasteiger partial charge >= 0.3 is 7.05 Å². The molecule has 0 amide bonds. The van der Waals surface area contributed by atoms with E-state index in [0.717, 1.165) is 15.6 Å². The molecule has 2 atom stereocenters. The molecule has 0 heterocycles. The minimum atomic E-state index is -0.616. The highest BCUT2D eigenvalue weighted by molar-refractivity contribution is 9.10. The quantitative estimate of drug-likeness (QED) is 0.705. The molecule has 5 heteroatoms. The Bertz CT molecular complexity index is 372. The molecule has 0 fully saturated rings. The standard InChI is InChI=1S/C10H13BBrNO2/c1-11(15)13-10-6-3-2-4-8(12)7(6)5-9(10)14/h2-4,9-10,13-15H,5H2,1H3/t9-,10-/m1/s1. The first-order chi connectivity index (χ1) is 7.09. The lowest BCUT2D eigenvalue weighted by atomic mass is 9.86. The number of nitrogens with one attached hydrogen (secondary N) is 1. The van der Waals surface area contributed by atoms with Crippen LogP contribution < -0.4 is 5.23 Å². The smallest absolute Gasteiger partial charge is 0.374 e. The second kappa shape index (κ2) is 4.25. The maximum Gasteiger partial charge on any atom is 0.374 e. The van der Waals surface area contributed by atoms with Gasteiger partial charge in [-0.25, -0.2) is 0 Å². The fraction of sp³-hybridized carbons (Fsp3) is 0.400. The van der Waals surface area contributed by atoms with Gasteiger partial charge in [-0.3, -0.25) is 0 Å². The van der Waals surface area contributed by atoms with Gasteiger partial charge < -0.3 is 15.4 Å². The molecule has 3 N–H and O–H groups in total. The van der Waals surface area contributed by atoms with E-state index in [1.165, 1.54) is 0 Å². The first-order valence-corrected chi connectivity index (χ1v) is 5.78.